The Morgan fingerprint density at radius 2 is 1.93 bits per heavy atom. The van der Waals surface area contributed by atoms with E-state index in [2.05, 4.69) is 18.7 Å². The largest absolute Gasteiger partial charge is 0.328 e. The van der Waals surface area contributed by atoms with Gasteiger partial charge in [0.05, 0.1) is 0 Å². The molecule has 0 saturated heterocycles. The van der Waals surface area contributed by atoms with Crippen LogP contribution in [0.4, 0.5) is 0 Å². The second-order valence-corrected chi connectivity index (χ2v) is 4.88. The molecule has 1 atom stereocenters. The summed E-state index contributed by atoms with van der Waals surface area (Å²) in [5.41, 5.74) is 5.94. The topological polar surface area (TPSA) is 29.3 Å². The van der Waals surface area contributed by atoms with Gasteiger partial charge in [-0.2, -0.15) is 0 Å². The van der Waals surface area contributed by atoms with Gasteiger partial charge < -0.3 is 10.6 Å². The Balaban J connectivity index is 2.15. The first-order chi connectivity index (χ1) is 7.27. The Kier molecular flexibility index (Phi) is 6.26. The van der Waals surface area contributed by atoms with Crippen LogP contribution in [0, 0.1) is 0 Å². The van der Waals surface area contributed by atoms with Crippen LogP contribution in [0.1, 0.15) is 58.8 Å². The summed E-state index contributed by atoms with van der Waals surface area (Å²) in [4.78, 5) is 2.66. The molecule has 0 aromatic rings. The number of rotatable bonds is 7. The smallest absolute Gasteiger partial charge is 0.00951 e. The Hall–Kier alpha value is -0.0800. The van der Waals surface area contributed by atoms with Gasteiger partial charge in [0.25, 0.3) is 0 Å². The Labute approximate surface area is 95.2 Å². The Morgan fingerprint density at radius 1 is 1.27 bits per heavy atom. The SMILES string of the molecule is CCC(N)CCCN(CC)C1CCCC1. The third-order valence-electron chi connectivity index (χ3n) is 3.79. The van der Waals surface area contributed by atoms with Crippen LogP contribution in [0.2, 0.25) is 0 Å². The molecule has 0 spiro atoms. The number of nitrogens with zero attached hydrogens (tertiary/aromatic N) is 1. The Morgan fingerprint density at radius 3 is 2.47 bits per heavy atom. The maximum Gasteiger partial charge on any atom is 0.00951 e. The average molecular weight is 212 g/mol. The predicted molar refractivity (Wildman–Crippen MR) is 67.0 cm³/mol. The van der Waals surface area contributed by atoms with Crippen LogP contribution < -0.4 is 5.73 Å². The molecule has 0 radical (unpaired) electrons. The third-order valence-corrected chi connectivity index (χ3v) is 3.79. The quantitative estimate of drug-likeness (QED) is 0.703. The number of hydrogen-bond acceptors (Lipinski definition) is 2. The lowest BCUT2D eigenvalue weighted by Gasteiger charge is -2.27. The molecule has 0 bridgehead atoms. The molecule has 2 nitrogen and oxygen atoms in total. The van der Waals surface area contributed by atoms with Crippen LogP contribution in [0.25, 0.3) is 0 Å². The number of hydrogen-bond donors (Lipinski definition) is 1. The van der Waals surface area contributed by atoms with Crippen LogP contribution in [0.3, 0.4) is 0 Å². The standard InChI is InChI=1S/C13H28N2/c1-3-12(14)8-7-11-15(4-2)13-9-5-6-10-13/h12-13H,3-11,14H2,1-2H3. The summed E-state index contributed by atoms with van der Waals surface area (Å²) in [6.45, 7) is 6.94. The van der Waals surface area contributed by atoms with Crippen molar-refractivity contribution in [3.8, 4) is 0 Å². The monoisotopic (exact) mass is 212 g/mol. The molecule has 0 amide bonds. The highest BCUT2D eigenvalue weighted by molar-refractivity contribution is 4.77. The normalized spacial score (nSPS) is 20.0. The fourth-order valence-corrected chi connectivity index (χ4v) is 2.63. The molecule has 1 fully saturated rings. The maximum atomic E-state index is 5.94. The van der Waals surface area contributed by atoms with Crippen molar-refractivity contribution in [2.24, 2.45) is 5.73 Å². The lowest BCUT2D eigenvalue weighted by atomic mass is 10.1. The van der Waals surface area contributed by atoms with E-state index in [1.807, 2.05) is 0 Å². The van der Waals surface area contributed by atoms with E-state index in [-0.39, 0.29) is 0 Å². The second-order valence-electron chi connectivity index (χ2n) is 4.88. The van der Waals surface area contributed by atoms with Gasteiger partial charge in [-0.1, -0.05) is 26.7 Å². The van der Waals surface area contributed by atoms with Crippen LogP contribution in [-0.2, 0) is 0 Å². The third kappa shape index (κ3) is 4.52. The van der Waals surface area contributed by atoms with Crippen molar-refractivity contribution in [2.75, 3.05) is 13.1 Å². The molecular formula is C13H28N2. The molecule has 1 rings (SSSR count). The van der Waals surface area contributed by atoms with Crippen molar-refractivity contribution < 1.29 is 0 Å². The van der Waals surface area contributed by atoms with E-state index in [4.69, 9.17) is 5.73 Å². The first kappa shape index (κ1) is 13.0. The number of nitrogens with two attached hydrogens (primary N) is 1. The van der Waals surface area contributed by atoms with Crippen LogP contribution in [-0.4, -0.2) is 30.1 Å². The van der Waals surface area contributed by atoms with Crippen molar-refractivity contribution in [1.82, 2.24) is 4.90 Å². The van der Waals surface area contributed by atoms with Crippen molar-refractivity contribution in [1.29, 1.82) is 0 Å². The van der Waals surface area contributed by atoms with Crippen molar-refractivity contribution in [3.63, 3.8) is 0 Å². The summed E-state index contributed by atoms with van der Waals surface area (Å²) in [5, 5.41) is 0. The molecule has 2 heteroatoms. The van der Waals surface area contributed by atoms with E-state index in [0.29, 0.717) is 6.04 Å². The van der Waals surface area contributed by atoms with Gasteiger partial charge >= 0.3 is 0 Å². The lowest BCUT2D eigenvalue weighted by Crippen LogP contribution is -2.34. The minimum atomic E-state index is 0.423. The van der Waals surface area contributed by atoms with E-state index in [1.165, 1.54) is 51.6 Å². The van der Waals surface area contributed by atoms with Crippen molar-refractivity contribution >= 4 is 0 Å². The van der Waals surface area contributed by atoms with E-state index in [9.17, 15) is 0 Å². The highest BCUT2D eigenvalue weighted by Gasteiger charge is 2.20. The zero-order valence-electron chi connectivity index (χ0n) is 10.5. The van der Waals surface area contributed by atoms with Gasteiger partial charge in [-0.25, -0.2) is 0 Å². The highest BCUT2D eigenvalue weighted by Crippen LogP contribution is 2.23. The lowest BCUT2D eigenvalue weighted by molar-refractivity contribution is 0.203. The molecule has 90 valence electrons. The Bertz CT molecular complexity index is 153. The fourth-order valence-electron chi connectivity index (χ4n) is 2.63. The first-order valence-electron chi connectivity index (χ1n) is 6.77. The average Bonchev–Trinajstić information content (AvgIpc) is 2.77. The van der Waals surface area contributed by atoms with Gasteiger partial charge in [-0.3, -0.25) is 0 Å². The van der Waals surface area contributed by atoms with E-state index >= 15 is 0 Å². The first-order valence-corrected chi connectivity index (χ1v) is 6.77. The molecule has 1 aliphatic rings. The van der Waals surface area contributed by atoms with Crippen LogP contribution >= 0.6 is 0 Å². The molecule has 0 aromatic carbocycles. The summed E-state index contributed by atoms with van der Waals surface area (Å²) in [6, 6.07) is 1.31. The van der Waals surface area contributed by atoms with Gasteiger partial charge in [0, 0.05) is 12.1 Å². The van der Waals surface area contributed by atoms with Gasteiger partial charge in [0.15, 0.2) is 0 Å². The molecule has 0 aliphatic heterocycles. The minimum Gasteiger partial charge on any atom is -0.328 e. The van der Waals surface area contributed by atoms with E-state index in [0.717, 1.165) is 12.5 Å². The summed E-state index contributed by atoms with van der Waals surface area (Å²) < 4.78 is 0. The van der Waals surface area contributed by atoms with Crippen molar-refractivity contribution in [2.45, 2.75) is 70.9 Å². The minimum absolute atomic E-state index is 0.423. The van der Waals surface area contributed by atoms with Gasteiger partial charge in [0.1, 0.15) is 0 Å². The second kappa shape index (κ2) is 7.24. The molecule has 0 heterocycles. The van der Waals surface area contributed by atoms with Crippen molar-refractivity contribution in [3.05, 3.63) is 0 Å². The van der Waals surface area contributed by atoms with E-state index in [1.54, 1.807) is 0 Å². The fraction of sp³-hybridized carbons (Fsp3) is 1.00. The summed E-state index contributed by atoms with van der Waals surface area (Å²) in [7, 11) is 0. The zero-order valence-corrected chi connectivity index (χ0v) is 10.5. The van der Waals surface area contributed by atoms with E-state index < -0.39 is 0 Å². The van der Waals surface area contributed by atoms with Gasteiger partial charge in [-0.15, -0.1) is 0 Å². The molecule has 2 N–H and O–H groups in total. The summed E-state index contributed by atoms with van der Waals surface area (Å²) in [5.74, 6) is 0. The zero-order chi connectivity index (χ0) is 11.1. The molecular weight excluding hydrogens is 184 g/mol. The maximum absolute atomic E-state index is 5.94. The summed E-state index contributed by atoms with van der Waals surface area (Å²) in [6.07, 6.45) is 9.32. The molecule has 1 aliphatic carbocycles. The molecule has 15 heavy (non-hydrogen) atoms. The highest BCUT2D eigenvalue weighted by atomic mass is 15.1. The predicted octanol–water partition coefficient (Wildman–Crippen LogP) is 2.77. The summed E-state index contributed by atoms with van der Waals surface area (Å²) >= 11 is 0. The van der Waals surface area contributed by atoms with Gasteiger partial charge in [-0.05, 0) is 45.2 Å². The molecule has 1 saturated carbocycles. The van der Waals surface area contributed by atoms with Gasteiger partial charge in [0.2, 0.25) is 0 Å². The molecule has 1 unspecified atom stereocenters. The van der Waals surface area contributed by atoms with Crippen LogP contribution in [0.15, 0.2) is 0 Å². The van der Waals surface area contributed by atoms with Crippen LogP contribution in [0.5, 0.6) is 0 Å². The molecule has 0 aromatic heterocycles.